The summed E-state index contributed by atoms with van der Waals surface area (Å²) in [6.45, 7) is 0.794. The average Bonchev–Trinajstić information content (AvgIpc) is 1.67. The number of hydrogen-bond acceptors (Lipinski definition) is 2. The zero-order chi connectivity index (χ0) is 6.57. The summed E-state index contributed by atoms with van der Waals surface area (Å²) in [4.78, 5) is 2.86. The van der Waals surface area contributed by atoms with Gasteiger partial charge in [0.05, 0.1) is 4.99 Å². The van der Waals surface area contributed by atoms with E-state index in [0.29, 0.717) is 0 Å². The highest BCUT2D eigenvalue weighted by atomic mass is 32.1. The van der Waals surface area contributed by atoms with Crippen LogP contribution in [0.15, 0.2) is 0 Å². The maximum atomic E-state index is 4.94. The van der Waals surface area contributed by atoms with Gasteiger partial charge in [-0.05, 0) is 7.05 Å². The number of rotatable bonds is 2. The zero-order valence-electron chi connectivity index (χ0n) is 5.56. The fourth-order valence-corrected chi connectivity index (χ4v) is 0.454. The van der Waals surface area contributed by atoms with Crippen molar-refractivity contribution in [2.24, 2.45) is 0 Å². The molecule has 8 heavy (non-hydrogen) atoms. The van der Waals surface area contributed by atoms with Crippen LogP contribution in [0, 0.1) is 0 Å². The first-order valence-corrected chi connectivity index (χ1v) is 2.94. The van der Waals surface area contributed by atoms with Crippen LogP contribution >= 0.6 is 12.2 Å². The zero-order valence-corrected chi connectivity index (χ0v) is 6.38. The molecule has 3 heteroatoms. The summed E-state index contributed by atoms with van der Waals surface area (Å²) < 4.78 is 0. The largest absolute Gasteiger partial charge is 0.371 e. The molecule has 0 fully saturated rings. The minimum absolute atomic E-state index is 0.794. The molecule has 0 rings (SSSR count). The van der Waals surface area contributed by atoms with Gasteiger partial charge in [0.2, 0.25) is 0 Å². The van der Waals surface area contributed by atoms with E-state index in [1.54, 1.807) is 0 Å². The molecule has 0 radical (unpaired) electrons. The molecule has 0 aliphatic rings. The van der Waals surface area contributed by atoms with Gasteiger partial charge in [-0.15, -0.1) is 0 Å². The molecule has 0 heterocycles. The lowest BCUT2D eigenvalue weighted by molar-refractivity contribution is 0.617. The van der Waals surface area contributed by atoms with Gasteiger partial charge in [0, 0.05) is 20.6 Å². The van der Waals surface area contributed by atoms with E-state index in [4.69, 9.17) is 12.2 Å². The molecule has 0 aromatic carbocycles. The summed E-state index contributed by atoms with van der Waals surface area (Å²) in [6, 6.07) is 0. The highest BCUT2D eigenvalue weighted by Gasteiger charge is 1.92. The van der Waals surface area contributed by atoms with E-state index < -0.39 is 0 Å². The smallest absolute Gasteiger partial charge is 0.0914 e. The van der Waals surface area contributed by atoms with Crippen molar-refractivity contribution in [2.75, 3.05) is 27.7 Å². The van der Waals surface area contributed by atoms with Crippen molar-refractivity contribution >= 4 is 17.2 Å². The predicted molar refractivity (Wildman–Crippen MR) is 40.2 cm³/mol. The summed E-state index contributed by atoms with van der Waals surface area (Å²) >= 11 is 4.94. The highest BCUT2D eigenvalue weighted by molar-refractivity contribution is 7.80. The molecule has 0 aliphatic carbocycles. The molecule has 0 aromatic rings. The molecular weight excluding hydrogens is 120 g/mol. The lowest BCUT2D eigenvalue weighted by Crippen LogP contribution is -2.29. The van der Waals surface area contributed by atoms with Crippen molar-refractivity contribution in [3.05, 3.63) is 0 Å². The molecule has 2 nitrogen and oxygen atoms in total. The van der Waals surface area contributed by atoms with Crippen LogP contribution in [-0.2, 0) is 0 Å². The molecule has 0 saturated heterocycles. The molecule has 0 atom stereocenters. The highest BCUT2D eigenvalue weighted by Crippen LogP contribution is 1.78. The van der Waals surface area contributed by atoms with Crippen LogP contribution in [0.2, 0.25) is 0 Å². The van der Waals surface area contributed by atoms with Gasteiger partial charge in [0.15, 0.2) is 0 Å². The van der Waals surface area contributed by atoms with E-state index in [2.05, 4.69) is 5.32 Å². The Morgan fingerprint density at radius 1 is 1.62 bits per heavy atom. The summed E-state index contributed by atoms with van der Waals surface area (Å²) in [6.07, 6.45) is 0. The number of likely N-dealkylation sites (N-methyl/N-ethyl adjacent to an activating group) is 2. The first kappa shape index (κ1) is 7.85. The van der Waals surface area contributed by atoms with E-state index >= 15 is 0 Å². The SMILES string of the molecule is CNCC(=S)N(C)C. The second-order valence-electron chi connectivity index (χ2n) is 1.82. The van der Waals surface area contributed by atoms with Crippen molar-refractivity contribution in [2.45, 2.75) is 0 Å². The number of hydrogen-bond donors (Lipinski definition) is 1. The van der Waals surface area contributed by atoms with Crippen LogP contribution in [0.1, 0.15) is 0 Å². The van der Waals surface area contributed by atoms with Crippen molar-refractivity contribution in [3.63, 3.8) is 0 Å². The molecule has 0 bridgehead atoms. The van der Waals surface area contributed by atoms with Gasteiger partial charge in [-0.25, -0.2) is 0 Å². The quantitative estimate of drug-likeness (QED) is 0.536. The van der Waals surface area contributed by atoms with Gasteiger partial charge >= 0.3 is 0 Å². The van der Waals surface area contributed by atoms with E-state index in [9.17, 15) is 0 Å². The summed E-state index contributed by atoms with van der Waals surface area (Å²) in [5, 5.41) is 2.97. The molecule has 0 saturated carbocycles. The standard InChI is InChI=1S/C5H12N2S/c1-6-4-5(8)7(2)3/h6H,4H2,1-3H3. The van der Waals surface area contributed by atoms with Crippen LogP contribution in [-0.4, -0.2) is 37.6 Å². The molecular formula is C5H12N2S. The molecule has 0 unspecified atom stereocenters. The Hall–Kier alpha value is -0.150. The Morgan fingerprint density at radius 3 is 2.25 bits per heavy atom. The summed E-state index contributed by atoms with van der Waals surface area (Å²) in [7, 11) is 5.77. The van der Waals surface area contributed by atoms with Crippen LogP contribution in [0.25, 0.3) is 0 Å². The van der Waals surface area contributed by atoms with Crippen LogP contribution < -0.4 is 5.32 Å². The van der Waals surface area contributed by atoms with Gasteiger partial charge < -0.3 is 10.2 Å². The molecule has 0 aliphatic heterocycles. The Bertz CT molecular complexity index is 80.5. The van der Waals surface area contributed by atoms with Crippen molar-refractivity contribution < 1.29 is 0 Å². The van der Waals surface area contributed by atoms with Crippen molar-refractivity contribution in [1.29, 1.82) is 0 Å². The summed E-state index contributed by atoms with van der Waals surface area (Å²) in [5.74, 6) is 0. The van der Waals surface area contributed by atoms with Crippen LogP contribution in [0.3, 0.4) is 0 Å². The van der Waals surface area contributed by atoms with Gasteiger partial charge in [0.1, 0.15) is 0 Å². The monoisotopic (exact) mass is 132 g/mol. The number of nitrogens with zero attached hydrogens (tertiary/aromatic N) is 1. The first-order valence-electron chi connectivity index (χ1n) is 2.53. The second kappa shape index (κ2) is 3.80. The minimum atomic E-state index is 0.794. The molecule has 48 valence electrons. The van der Waals surface area contributed by atoms with Gasteiger partial charge in [-0.2, -0.15) is 0 Å². The Kier molecular flexibility index (Phi) is 3.73. The lowest BCUT2D eigenvalue weighted by atomic mass is 10.6. The molecule has 0 aromatic heterocycles. The van der Waals surface area contributed by atoms with E-state index in [0.717, 1.165) is 11.5 Å². The maximum absolute atomic E-state index is 4.94. The van der Waals surface area contributed by atoms with Gasteiger partial charge in [0.25, 0.3) is 0 Å². The molecule has 1 N–H and O–H groups in total. The second-order valence-corrected chi connectivity index (χ2v) is 2.29. The third-order valence-electron chi connectivity index (χ3n) is 0.827. The normalized spacial score (nSPS) is 8.88. The van der Waals surface area contributed by atoms with E-state index in [1.807, 2.05) is 26.0 Å². The third-order valence-corrected chi connectivity index (χ3v) is 1.34. The van der Waals surface area contributed by atoms with Crippen molar-refractivity contribution in [3.8, 4) is 0 Å². The molecule has 0 spiro atoms. The fraction of sp³-hybridized carbons (Fsp3) is 0.800. The van der Waals surface area contributed by atoms with E-state index in [-0.39, 0.29) is 0 Å². The van der Waals surface area contributed by atoms with Crippen molar-refractivity contribution in [1.82, 2.24) is 10.2 Å². The minimum Gasteiger partial charge on any atom is -0.371 e. The predicted octanol–water partition coefficient (Wildman–Crippen LogP) is 0.0948. The molecule has 0 amide bonds. The van der Waals surface area contributed by atoms with Gasteiger partial charge in [-0.1, -0.05) is 12.2 Å². The summed E-state index contributed by atoms with van der Waals surface area (Å²) in [5.41, 5.74) is 0. The van der Waals surface area contributed by atoms with Gasteiger partial charge in [-0.3, -0.25) is 0 Å². The lowest BCUT2D eigenvalue weighted by Gasteiger charge is -2.11. The Balaban J connectivity index is 3.33. The van der Waals surface area contributed by atoms with E-state index in [1.165, 1.54) is 0 Å². The van der Waals surface area contributed by atoms with Crippen LogP contribution in [0.4, 0.5) is 0 Å². The average molecular weight is 132 g/mol. The topological polar surface area (TPSA) is 15.3 Å². The third kappa shape index (κ3) is 2.93. The maximum Gasteiger partial charge on any atom is 0.0914 e. The Labute approximate surface area is 55.9 Å². The number of thiocarbonyl (C=S) groups is 1. The van der Waals surface area contributed by atoms with Crippen LogP contribution in [0.5, 0.6) is 0 Å². The fourth-order valence-electron chi connectivity index (χ4n) is 0.309. The first-order chi connectivity index (χ1) is 3.68. The Morgan fingerprint density at radius 2 is 2.12 bits per heavy atom. The number of nitrogens with one attached hydrogen (secondary N) is 1.